The summed E-state index contributed by atoms with van der Waals surface area (Å²) < 4.78 is 48.3. The summed E-state index contributed by atoms with van der Waals surface area (Å²) in [5.74, 6) is -0.285. The van der Waals surface area contributed by atoms with Crippen LogP contribution in [0.1, 0.15) is 36.8 Å². The lowest BCUT2D eigenvalue weighted by Crippen LogP contribution is -2.41. The molecular formula is C18H20F3NO4. The van der Waals surface area contributed by atoms with Crippen LogP contribution in [0.15, 0.2) is 29.4 Å². The molecular weight excluding hydrogens is 351 g/mol. The van der Waals surface area contributed by atoms with Gasteiger partial charge in [-0.1, -0.05) is 17.3 Å². The molecule has 0 unspecified atom stereocenters. The maximum Gasteiger partial charge on any atom is 0.416 e. The average molecular weight is 371 g/mol. The van der Waals surface area contributed by atoms with Gasteiger partial charge in [0.1, 0.15) is 6.10 Å². The van der Waals surface area contributed by atoms with E-state index < -0.39 is 17.2 Å². The molecule has 0 N–H and O–H groups in total. The van der Waals surface area contributed by atoms with Gasteiger partial charge in [0.2, 0.25) is 0 Å². The molecule has 0 spiro atoms. The number of hydrogen-bond acceptors (Lipinski definition) is 5. The molecule has 1 atom stereocenters. The van der Waals surface area contributed by atoms with Gasteiger partial charge < -0.3 is 14.3 Å². The molecule has 1 aromatic rings. The lowest BCUT2D eigenvalue weighted by molar-refractivity contribution is -0.162. The summed E-state index contributed by atoms with van der Waals surface area (Å²) in [6, 6.07) is 4.83. The SMILES string of the molecule is COC(=O)C1(C[C@@H]2CC(c3ccc(C(F)(F)F)cc3)=NO2)CCOCC1. The number of nitrogens with zero attached hydrogens (tertiary/aromatic N) is 1. The van der Waals surface area contributed by atoms with Crippen molar-refractivity contribution in [1.29, 1.82) is 0 Å². The van der Waals surface area contributed by atoms with Crippen molar-refractivity contribution < 1.29 is 32.3 Å². The van der Waals surface area contributed by atoms with Gasteiger partial charge in [0.15, 0.2) is 0 Å². The molecule has 142 valence electrons. The van der Waals surface area contributed by atoms with Gasteiger partial charge in [0.05, 0.1) is 23.8 Å². The first-order valence-corrected chi connectivity index (χ1v) is 8.40. The summed E-state index contributed by atoms with van der Waals surface area (Å²) in [4.78, 5) is 17.7. The van der Waals surface area contributed by atoms with Crippen LogP contribution in [-0.4, -0.2) is 38.1 Å². The van der Waals surface area contributed by atoms with E-state index in [4.69, 9.17) is 14.3 Å². The lowest BCUT2D eigenvalue weighted by Gasteiger charge is -2.35. The highest BCUT2D eigenvalue weighted by Gasteiger charge is 2.44. The Bertz CT molecular complexity index is 679. The highest BCUT2D eigenvalue weighted by atomic mass is 19.4. The smallest absolute Gasteiger partial charge is 0.416 e. The quantitative estimate of drug-likeness (QED) is 0.760. The zero-order valence-corrected chi connectivity index (χ0v) is 14.3. The molecule has 1 aromatic carbocycles. The molecule has 1 fully saturated rings. The standard InChI is InChI=1S/C18H20F3NO4/c1-24-16(23)17(6-8-25-9-7-17)11-14-10-15(22-26-14)12-2-4-13(5-3-12)18(19,20)21/h2-5,14H,6-11H2,1H3/t14-/m0/s1. The number of benzene rings is 1. The Kier molecular flexibility index (Phi) is 5.22. The van der Waals surface area contributed by atoms with Crippen molar-refractivity contribution in [2.24, 2.45) is 10.6 Å². The molecule has 2 aliphatic heterocycles. The van der Waals surface area contributed by atoms with Crippen molar-refractivity contribution in [2.45, 2.75) is 38.0 Å². The fourth-order valence-corrected chi connectivity index (χ4v) is 3.47. The van der Waals surface area contributed by atoms with Gasteiger partial charge in [-0.05, 0) is 30.5 Å². The first kappa shape index (κ1) is 18.7. The molecule has 3 rings (SSSR count). The predicted octanol–water partition coefficient (Wildman–Crippen LogP) is 3.56. The Morgan fingerprint density at radius 1 is 1.27 bits per heavy atom. The van der Waals surface area contributed by atoms with E-state index in [1.807, 2.05) is 0 Å². The van der Waals surface area contributed by atoms with E-state index in [0.29, 0.717) is 50.2 Å². The molecule has 8 heteroatoms. The summed E-state index contributed by atoms with van der Waals surface area (Å²) in [5.41, 5.74) is -0.206. The number of carbonyl (C=O) groups excluding carboxylic acids is 1. The number of alkyl halides is 3. The number of methoxy groups -OCH3 is 1. The monoisotopic (exact) mass is 371 g/mol. The molecule has 26 heavy (non-hydrogen) atoms. The van der Waals surface area contributed by atoms with Crippen LogP contribution in [-0.2, 0) is 25.3 Å². The van der Waals surface area contributed by atoms with Gasteiger partial charge in [0.25, 0.3) is 0 Å². The number of esters is 1. The maximum absolute atomic E-state index is 12.7. The summed E-state index contributed by atoms with van der Waals surface area (Å²) in [7, 11) is 1.36. The number of ether oxygens (including phenoxy) is 2. The minimum atomic E-state index is -4.37. The summed E-state index contributed by atoms with van der Waals surface area (Å²) in [6.45, 7) is 0.961. The van der Waals surface area contributed by atoms with E-state index in [1.54, 1.807) is 0 Å². The molecule has 5 nitrogen and oxygen atoms in total. The van der Waals surface area contributed by atoms with Crippen LogP contribution in [0.3, 0.4) is 0 Å². The zero-order valence-electron chi connectivity index (χ0n) is 14.3. The van der Waals surface area contributed by atoms with Crippen LogP contribution in [0, 0.1) is 5.41 Å². The molecule has 0 saturated carbocycles. The Morgan fingerprint density at radius 3 is 2.50 bits per heavy atom. The van der Waals surface area contributed by atoms with Crippen molar-refractivity contribution >= 4 is 11.7 Å². The van der Waals surface area contributed by atoms with Gasteiger partial charge in [-0.15, -0.1) is 0 Å². The Labute approximate surface area is 149 Å². The van der Waals surface area contributed by atoms with Gasteiger partial charge in [-0.2, -0.15) is 13.2 Å². The van der Waals surface area contributed by atoms with E-state index in [2.05, 4.69) is 5.16 Å². The van der Waals surface area contributed by atoms with E-state index >= 15 is 0 Å². The normalized spacial score (nSPS) is 22.5. The molecule has 0 bridgehead atoms. The van der Waals surface area contributed by atoms with Crippen LogP contribution < -0.4 is 0 Å². The fourth-order valence-electron chi connectivity index (χ4n) is 3.47. The van der Waals surface area contributed by atoms with E-state index in [1.165, 1.54) is 19.2 Å². The van der Waals surface area contributed by atoms with Crippen LogP contribution in [0.5, 0.6) is 0 Å². The molecule has 0 aromatic heterocycles. The largest absolute Gasteiger partial charge is 0.469 e. The van der Waals surface area contributed by atoms with E-state index in [9.17, 15) is 18.0 Å². The van der Waals surface area contributed by atoms with E-state index in [0.717, 1.165) is 12.1 Å². The van der Waals surface area contributed by atoms with Crippen molar-refractivity contribution in [3.8, 4) is 0 Å². The maximum atomic E-state index is 12.7. The second kappa shape index (κ2) is 7.26. The van der Waals surface area contributed by atoms with Crippen LogP contribution in [0.2, 0.25) is 0 Å². The average Bonchev–Trinajstić information content (AvgIpc) is 3.09. The van der Waals surface area contributed by atoms with Crippen molar-refractivity contribution in [3.05, 3.63) is 35.4 Å². The minimum absolute atomic E-state index is 0.285. The third kappa shape index (κ3) is 3.85. The summed E-state index contributed by atoms with van der Waals surface area (Å²) in [5, 5.41) is 4.01. The van der Waals surface area contributed by atoms with E-state index in [-0.39, 0.29) is 12.1 Å². The second-order valence-corrected chi connectivity index (χ2v) is 6.63. The number of carbonyl (C=O) groups is 1. The highest BCUT2D eigenvalue weighted by molar-refractivity contribution is 6.01. The predicted molar refractivity (Wildman–Crippen MR) is 86.6 cm³/mol. The van der Waals surface area contributed by atoms with Gasteiger partial charge in [0, 0.05) is 26.1 Å². The fraction of sp³-hybridized carbons (Fsp3) is 0.556. The topological polar surface area (TPSA) is 57.1 Å². The summed E-state index contributed by atoms with van der Waals surface area (Å²) >= 11 is 0. The van der Waals surface area contributed by atoms with Crippen LogP contribution in [0.25, 0.3) is 0 Å². The van der Waals surface area contributed by atoms with Gasteiger partial charge in [-0.25, -0.2) is 0 Å². The Morgan fingerprint density at radius 2 is 1.92 bits per heavy atom. The van der Waals surface area contributed by atoms with Crippen LogP contribution >= 0.6 is 0 Å². The summed E-state index contributed by atoms with van der Waals surface area (Å²) in [6.07, 6.45) is -2.71. The lowest BCUT2D eigenvalue weighted by atomic mass is 9.75. The third-order valence-electron chi connectivity index (χ3n) is 4.97. The number of rotatable bonds is 4. The zero-order chi connectivity index (χ0) is 18.8. The molecule has 2 aliphatic rings. The number of oxime groups is 1. The first-order chi connectivity index (χ1) is 12.3. The minimum Gasteiger partial charge on any atom is -0.469 e. The van der Waals surface area contributed by atoms with Crippen LogP contribution in [0.4, 0.5) is 13.2 Å². The molecule has 0 amide bonds. The highest BCUT2D eigenvalue weighted by Crippen LogP contribution is 2.39. The molecule has 0 radical (unpaired) electrons. The van der Waals surface area contributed by atoms with Crippen molar-refractivity contribution in [1.82, 2.24) is 0 Å². The second-order valence-electron chi connectivity index (χ2n) is 6.63. The van der Waals surface area contributed by atoms with Crippen molar-refractivity contribution in [3.63, 3.8) is 0 Å². The van der Waals surface area contributed by atoms with Crippen molar-refractivity contribution in [2.75, 3.05) is 20.3 Å². The third-order valence-corrected chi connectivity index (χ3v) is 4.97. The Balaban J connectivity index is 1.66. The molecule has 2 heterocycles. The first-order valence-electron chi connectivity index (χ1n) is 8.40. The Hall–Kier alpha value is -2.09. The molecule has 1 saturated heterocycles. The number of halogens is 3. The van der Waals surface area contributed by atoms with Gasteiger partial charge in [-0.3, -0.25) is 4.79 Å². The van der Waals surface area contributed by atoms with Gasteiger partial charge >= 0.3 is 12.1 Å². The molecule has 0 aliphatic carbocycles. The number of hydrogen-bond donors (Lipinski definition) is 0.